The largest absolute Gasteiger partial charge is 0.480 e. The molecule has 1 amide bonds. The van der Waals surface area contributed by atoms with E-state index in [2.05, 4.69) is 10.2 Å². The molecule has 1 aliphatic heterocycles. The van der Waals surface area contributed by atoms with E-state index in [1.54, 1.807) is 9.80 Å². The molecule has 0 aromatic carbocycles. The number of piperazine rings is 1. The van der Waals surface area contributed by atoms with Crippen LogP contribution in [0, 0.1) is 0 Å². The molecule has 0 atom stereocenters. The number of carboxylic acid groups (broad SMARTS) is 1. The highest BCUT2D eigenvalue weighted by molar-refractivity contribution is 6.34. The SMILES string of the molecule is O=C(O)CN1CCN(C(=O)c2cc(Cl)nnc2Cl)CC1. The van der Waals surface area contributed by atoms with Crippen molar-refractivity contribution in [2.45, 2.75) is 0 Å². The maximum atomic E-state index is 12.3. The maximum Gasteiger partial charge on any atom is 0.317 e. The van der Waals surface area contributed by atoms with E-state index in [1.807, 2.05) is 0 Å². The van der Waals surface area contributed by atoms with Crippen molar-refractivity contribution in [3.63, 3.8) is 0 Å². The van der Waals surface area contributed by atoms with E-state index in [1.165, 1.54) is 6.07 Å². The minimum absolute atomic E-state index is 0.00682. The molecule has 0 radical (unpaired) electrons. The van der Waals surface area contributed by atoms with E-state index in [0.29, 0.717) is 26.2 Å². The van der Waals surface area contributed by atoms with Crippen LogP contribution in [0.1, 0.15) is 10.4 Å². The van der Waals surface area contributed by atoms with Crippen molar-refractivity contribution >= 4 is 35.1 Å². The first-order valence-corrected chi connectivity index (χ1v) is 6.65. The Labute approximate surface area is 125 Å². The molecule has 20 heavy (non-hydrogen) atoms. The first-order valence-electron chi connectivity index (χ1n) is 5.89. The summed E-state index contributed by atoms with van der Waals surface area (Å²) in [7, 11) is 0. The number of carbonyl (C=O) groups excluding carboxylic acids is 1. The summed E-state index contributed by atoms with van der Waals surface area (Å²) in [5, 5.41) is 16.0. The number of hydrogen-bond donors (Lipinski definition) is 1. The lowest BCUT2D eigenvalue weighted by Crippen LogP contribution is -2.50. The Hall–Kier alpha value is -1.44. The Kier molecular flexibility index (Phi) is 4.74. The number of aliphatic carboxylic acids is 1. The lowest BCUT2D eigenvalue weighted by molar-refractivity contribution is -0.138. The molecule has 7 nitrogen and oxygen atoms in total. The normalized spacial score (nSPS) is 16.2. The Bertz CT molecular complexity index is 532. The number of rotatable bonds is 3. The van der Waals surface area contributed by atoms with E-state index < -0.39 is 5.97 Å². The van der Waals surface area contributed by atoms with E-state index in [9.17, 15) is 9.59 Å². The van der Waals surface area contributed by atoms with Crippen LogP contribution in [0.15, 0.2) is 6.07 Å². The van der Waals surface area contributed by atoms with Crippen molar-refractivity contribution in [2.75, 3.05) is 32.7 Å². The van der Waals surface area contributed by atoms with Gasteiger partial charge >= 0.3 is 5.97 Å². The van der Waals surface area contributed by atoms with Crippen LogP contribution in [0.5, 0.6) is 0 Å². The van der Waals surface area contributed by atoms with E-state index in [4.69, 9.17) is 28.3 Å². The number of hydrogen-bond acceptors (Lipinski definition) is 5. The van der Waals surface area contributed by atoms with Gasteiger partial charge in [0.15, 0.2) is 10.3 Å². The predicted octanol–water partition coefficient (Wildman–Crippen LogP) is 0.626. The smallest absolute Gasteiger partial charge is 0.317 e. The molecular weight excluding hydrogens is 307 g/mol. The lowest BCUT2D eigenvalue weighted by Gasteiger charge is -2.33. The molecule has 0 aliphatic carbocycles. The second-order valence-corrected chi connectivity index (χ2v) is 5.08. The van der Waals surface area contributed by atoms with Crippen molar-refractivity contribution in [3.8, 4) is 0 Å². The molecule has 1 aliphatic rings. The molecule has 1 N–H and O–H groups in total. The lowest BCUT2D eigenvalue weighted by atomic mass is 10.2. The quantitative estimate of drug-likeness (QED) is 0.879. The van der Waals surface area contributed by atoms with Crippen LogP contribution in [0.3, 0.4) is 0 Å². The molecule has 0 spiro atoms. The highest BCUT2D eigenvalue weighted by Gasteiger charge is 2.25. The Morgan fingerprint density at radius 3 is 2.45 bits per heavy atom. The fourth-order valence-electron chi connectivity index (χ4n) is 1.97. The fourth-order valence-corrected chi connectivity index (χ4v) is 2.29. The molecule has 1 fully saturated rings. The van der Waals surface area contributed by atoms with Crippen molar-refractivity contribution in [2.24, 2.45) is 0 Å². The third-order valence-electron chi connectivity index (χ3n) is 2.97. The number of carbonyl (C=O) groups is 2. The molecule has 0 bridgehead atoms. The molecule has 0 unspecified atom stereocenters. The summed E-state index contributed by atoms with van der Waals surface area (Å²) in [6, 6.07) is 1.38. The van der Waals surface area contributed by atoms with Gasteiger partial charge in [0.05, 0.1) is 12.1 Å². The van der Waals surface area contributed by atoms with Crippen LogP contribution in [0.25, 0.3) is 0 Å². The predicted molar refractivity (Wildman–Crippen MR) is 72.0 cm³/mol. The maximum absolute atomic E-state index is 12.3. The molecule has 0 saturated carbocycles. The minimum Gasteiger partial charge on any atom is -0.480 e. The third kappa shape index (κ3) is 3.56. The monoisotopic (exact) mass is 318 g/mol. The molecule has 1 aromatic heterocycles. The summed E-state index contributed by atoms with van der Waals surface area (Å²) in [5.74, 6) is -1.15. The van der Waals surface area contributed by atoms with Gasteiger partial charge in [-0.2, -0.15) is 0 Å². The fraction of sp³-hybridized carbons (Fsp3) is 0.455. The van der Waals surface area contributed by atoms with Gasteiger partial charge in [-0.1, -0.05) is 23.2 Å². The van der Waals surface area contributed by atoms with Crippen molar-refractivity contribution < 1.29 is 14.7 Å². The van der Waals surface area contributed by atoms with Crippen LogP contribution < -0.4 is 0 Å². The van der Waals surface area contributed by atoms with E-state index >= 15 is 0 Å². The molecule has 9 heteroatoms. The zero-order valence-electron chi connectivity index (χ0n) is 10.4. The Morgan fingerprint density at radius 1 is 1.20 bits per heavy atom. The van der Waals surface area contributed by atoms with Crippen LogP contribution in [0.2, 0.25) is 10.3 Å². The van der Waals surface area contributed by atoms with Gasteiger partial charge in [-0.05, 0) is 6.07 Å². The van der Waals surface area contributed by atoms with Gasteiger partial charge in [-0.3, -0.25) is 14.5 Å². The number of carboxylic acids is 1. The molecule has 1 saturated heterocycles. The zero-order valence-corrected chi connectivity index (χ0v) is 11.9. The molecular formula is C11H12Cl2N4O3. The van der Waals surface area contributed by atoms with Crippen molar-refractivity contribution in [1.82, 2.24) is 20.0 Å². The summed E-state index contributed by atoms with van der Waals surface area (Å²) in [5.41, 5.74) is 0.207. The molecule has 108 valence electrons. The highest BCUT2D eigenvalue weighted by atomic mass is 35.5. The number of nitrogens with zero attached hydrogens (tertiary/aromatic N) is 4. The van der Waals surface area contributed by atoms with E-state index in [-0.39, 0.29) is 28.3 Å². The highest BCUT2D eigenvalue weighted by Crippen LogP contribution is 2.18. The van der Waals surface area contributed by atoms with Gasteiger partial charge in [0.25, 0.3) is 5.91 Å². The molecule has 2 heterocycles. The van der Waals surface area contributed by atoms with Crippen molar-refractivity contribution in [3.05, 3.63) is 21.9 Å². The summed E-state index contributed by atoms with van der Waals surface area (Å²) in [4.78, 5) is 26.3. The summed E-state index contributed by atoms with van der Waals surface area (Å²) < 4.78 is 0. The zero-order chi connectivity index (χ0) is 14.7. The van der Waals surface area contributed by atoms with Gasteiger partial charge < -0.3 is 10.0 Å². The second kappa shape index (κ2) is 6.34. The number of amides is 1. The second-order valence-electron chi connectivity index (χ2n) is 4.33. The summed E-state index contributed by atoms with van der Waals surface area (Å²) in [6.07, 6.45) is 0. The number of halogens is 2. The Balaban J connectivity index is 2.01. The standard InChI is InChI=1S/C11H12Cl2N4O3/c12-8-5-7(10(13)15-14-8)11(20)17-3-1-16(2-4-17)6-9(18)19/h5H,1-4,6H2,(H,18,19). The number of aromatic nitrogens is 2. The minimum atomic E-state index is -0.877. The van der Waals surface area contributed by atoms with Gasteiger partial charge in [-0.25, -0.2) is 0 Å². The van der Waals surface area contributed by atoms with Crippen LogP contribution >= 0.6 is 23.2 Å². The van der Waals surface area contributed by atoms with Gasteiger partial charge in [0.2, 0.25) is 0 Å². The first-order chi connectivity index (χ1) is 9.47. The topological polar surface area (TPSA) is 86.6 Å². The third-order valence-corrected chi connectivity index (χ3v) is 3.43. The molecule has 2 rings (SSSR count). The molecule has 1 aromatic rings. The van der Waals surface area contributed by atoms with Gasteiger partial charge in [-0.15, -0.1) is 10.2 Å². The van der Waals surface area contributed by atoms with E-state index in [0.717, 1.165) is 0 Å². The van der Waals surface area contributed by atoms with Crippen LogP contribution in [0.4, 0.5) is 0 Å². The van der Waals surface area contributed by atoms with Crippen molar-refractivity contribution in [1.29, 1.82) is 0 Å². The Morgan fingerprint density at radius 2 is 1.85 bits per heavy atom. The average Bonchev–Trinajstić information content (AvgIpc) is 2.41. The summed E-state index contributed by atoms with van der Waals surface area (Å²) in [6.45, 7) is 1.85. The van der Waals surface area contributed by atoms with Gasteiger partial charge in [0, 0.05) is 26.2 Å². The average molecular weight is 319 g/mol. The van der Waals surface area contributed by atoms with Crippen LogP contribution in [-0.2, 0) is 4.79 Å². The first kappa shape index (κ1) is 15.0. The van der Waals surface area contributed by atoms with Crippen LogP contribution in [-0.4, -0.2) is 69.7 Å². The summed E-state index contributed by atoms with van der Waals surface area (Å²) >= 11 is 11.5. The van der Waals surface area contributed by atoms with Gasteiger partial charge in [0.1, 0.15) is 0 Å².